The Labute approximate surface area is 109 Å². The Morgan fingerprint density at radius 2 is 1.95 bits per heavy atom. The lowest BCUT2D eigenvalue weighted by Crippen LogP contribution is -2.12. The van der Waals surface area contributed by atoms with Crippen molar-refractivity contribution in [3.63, 3.8) is 0 Å². The Kier molecular flexibility index (Phi) is 3.28. The molecule has 0 bridgehead atoms. The fourth-order valence-corrected chi connectivity index (χ4v) is 1.55. The summed E-state index contributed by atoms with van der Waals surface area (Å²) in [7, 11) is 0. The Balaban J connectivity index is 2.44. The van der Waals surface area contributed by atoms with Gasteiger partial charge in [-0.2, -0.15) is 4.98 Å². The number of anilines is 2. The number of azo groups is 1. The first-order valence-electron chi connectivity index (χ1n) is 5.62. The maximum Gasteiger partial charge on any atom is 0.282 e. The highest BCUT2D eigenvalue weighted by Gasteiger charge is 2.07. The third-order valence-electron chi connectivity index (χ3n) is 2.77. The molecule has 0 atom stereocenters. The minimum atomic E-state index is -0.515. The van der Waals surface area contributed by atoms with Gasteiger partial charge >= 0.3 is 0 Å². The zero-order valence-electron chi connectivity index (χ0n) is 10.6. The topological polar surface area (TPSA) is 123 Å². The average Bonchev–Trinajstić information content (AvgIpc) is 2.33. The van der Waals surface area contributed by atoms with Gasteiger partial charge in [0.1, 0.15) is 0 Å². The van der Waals surface area contributed by atoms with Gasteiger partial charge in [0.05, 0.1) is 5.69 Å². The summed E-state index contributed by atoms with van der Waals surface area (Å²) in [6.07, 6.45) is 0. The molecular formula is C12H14N6O. The van der Waals surface area contributed by atoms with Crippen molar-refractivity contribution in [3.05, 3.63) is 39.7 Å². The molecule has 5 N–H and O–H groups in total. The van der Waals surface area contributed by atoms with Crippen molar-refractivity contribution in [2.45, 2.75) is 13.8 Å². The average molecular weight is 258 g/mol. The van der Waals surface area contributed by atoms with Crippen LogP contribution >= 0.6 is 0 Å². The maximum atomic E-state index is 11.6. The highest BCUT2D eigenvalue weighted by atomic mass is 16.1. The molecule has 0 radical (unpaired) electrons. The summed E-state index contributed by atoms with van der Waals surface area (Å²) in [6.45, 7) is 3.90. The number of benzene rings is 1. The molecule has 0 unspecified atom stereocenters. The van der Waals surface area contributed by atoms with E-state index in [0.29, 0.717) is 5.69 Å². The van der Waals surface area contributed by atoms with Crippen molar-refractivity contribution in [2.24, 2.45) is 10.2 Å². The van der Waals surface area contributed by atoms with Crippen molar-refractivity contribution in [2.75, 3.05) is 11.5 Å². The van der Waals surface area contributed by atoms with E-state index in [2.05, 4.69) is 20.2 Å². The number of nitrogens with two attached hydrogens (primary N) is 2. The van der Waals surface area contributed by atoms with E-state index in [9.17, 15) is 4.79 Å². The first kappa shape index (κ1) is 12.7. The van der Waals surface area contributed by atoms with Gasteiger partial charge in [-0.15, -0.1) is 10.2 Å². The van der Waals surface area contributed by atoms with E-state index in [0.717, 1.165) is 11.1 Å². The number of aromatic amines is 1. The van der Waals surface area contributed by atoms with Gasteiger partial charge in [-0.25, -0.2) is 0 Å². The second kappa shape index (κ2) is 4.89. The van der Waals surface area contributed by atoms with Crippen LogP contribution in [-0.2, 0) is 0 Å². The fraction of sp³-hybridized carbons (Fsp3) is 0.167. The summed E-state index contributed by atoms with van der Waals surface area (Å²) in [6, 6.07) is 5.65. The minimum absolute atomic E-state index is 0.0460. The molecule has 19 heavy (non-hydrogen) atoms. The van der Waals surface area contributed by atoms with E-state index in [1.165, 1.54) is 0 Å². The van der Waals surface area contributed by atoms with E-state index < -0.39 is 5.56 Å². The van der Waals surface area contributed by atoms with Gasteiger partial charge in [-0.1, -0.05) is 12.1 Å². The Bertz CT molecular complexity index is 704. The number of hydrogen-bond acceptors (Lipinski definition) is 6. The lowest BCUT2D eigenvalue weighted by molar-refractivity contribution is 1.10. The number of nitrogen functional groups attached to an aromatic ring is 2. The SMILES string of the molecule is Cc1cccc(N=Nc2c(N)nc(N)[nH]c2=O)c1C. The van der Waals surface area contributed by atoms with Crippen molar-refractivity contribution in [1.29, 1.82) is 0 Å². The largest absolute Gasteiger partial charge is 0.382 e. The van der Waals surface area contributed by atoms with E-state index >= 15 is 0 Å². The summed E-state index contributed by atoms with van der Waals surface area (Å²) >= 11 is 0. The fourth-order valence-electron chi connectivity index (χ4n) is 1.55. The van der Waals surface area contributed by atoms with Crippen LogP contribution in [0, 0.1) is 13.8 Å². The molecule has 0 amide bonds. The Morgan fingerprint density at radius 1 is 1.21 bits per heavy atom. The predicted molar refractivity (Wildman–Crippen MR) is 73.8 cm³/mol. The molecule has 98 valence electrons. The van der Waals surface area contributed by atoms with Crippen LogP contribution in [0.1, 0.15) is 11.1 Å². The van der Waals surface area contributed by atoms with E-state index in [1.54, 1.807) is 6.07 Å². The molecule has 1 aromatic carbocycles. The summed E-state index contributed by atoms with van der Waals surface area (Å²) in [4.78, 5) is 17.7. The molecule has 2 aromatic rings. The highest BCUT2D eigenvalue weighted by molar-refractivity contribution is 5.57. The molecule has 1 aromatic heterocycles. The van der Waals surface area contributed by atoms with Crippen LogP contribution in [0.25, 0.3) is 0 Å². The van der Waals surface area contributed by atoms with Crippen LogP contribution in [0.2, 0.25) is 0 Å². The lowest BCUT2D eigenvalue weighted by Gasteiger charge is -2.02. The van der Waals surface area contributed by atoms with Crippen molar-refractivity contribution < 1.29 is 0 Å². The van der Waals surface area contributed by atoms with E-state index in [4.69, 9.17) is 11.5 Å². The van der Waals surface area contributed by atoms with Crippen LogP contribution < -0.4 is 17.0 Å². The van der Waals surface area contributed by atoms with Crippen molar-refractivity contribution in [1.82, 2.24) is 9.97 Å². The summed E-state index contributed by atoms with van der Waals surface area (Å²) in [5.41, 5.74) is 13.1. The number of nitrogens with one attached hydrogen (secondary N) is 1. The third kappa shape index (κ3) is 2.59. The van der Waals surface area contributed by atoms with Gasteiger partial charge in [-0.3, -0.25) is 9.78 Å². The Morgan fingerprint density at radius 3 is 2.63 bits per heavy atom. The molecule has 0 saturated heterocycles. The second-order valence-electron chi connectivity index (χ2n) is 4.10. The number of hydrogen-bond donors (Lipinski definition) is 3. The smallest absolute Gasteiger partial charge is 0.282 e. The van der Waals surface area contributed by atoms with Gasteiger partial charge in [0, 0.05) is 0 Å². The summed E-state index contributed by atoms with van der Waals surface area (Å²) in [5, 5.41) is 7.89. The van der Waals surface area contributed by atoms with Gasteiger partial charge in [0.25, 0.3) is 5.56 Å². The number of rotatable bonds is 2. The molecular weight excluding hydrogens is 244 g/mol. The monoisotopic (exact) mass is 258 g/mol. The molecule has 2 rings (SSSR count). The first-order chi connectivity index (χ1) is 8.99. The number of aromatic nitrogens is 2. The molecule has 0 fully saturated rings. The number of H-pyrrole nitrogens is 1. The zero-order chi connectivity index (χ0) is 14.0. The van der Waals surface area contributed by atoms with Crippen LogP contribution in [0.4, 0.5) is 23.1 Å². The summed E-state index contributed by atoms with van der Waals surface area (Å²) in [5.74, 6) is -0.0940. The standard InChI is InChI=1S/C12H14N6O/c1-6-4-3-5-8(7(6)2)17-18-9-10(13)15-12(14)16-11(9)19/h3-5H,1-2H3,(H5,13,14,15,16,19). The van der Waals surface area contributed by atoms with E-state index in [-0.39, 0.29) is 17.5 Å². The Hall–Kier alpha value is -2.70. The molecule has 0 saturated carbocycles. The zero-order valence-corrected chi connectivity index (χ0v) is 10.6. The van der Waals surface area contributed by atoms with Crippen molar-refractivity contribution >= 4 is 23.1 Å². The van der Waals surface area contributed by atoms with Crippen LogP contribution in [-0.4, -0.2) is 9.97 Å². The van der Waals surface area contributed by atoms with Crippen LogP contribution in [0.3, 0.4) is 0 Å². The lowest BCUT2D eigenvalue weighted by atomic mass is 10.1. The first-order valence-corrected chi connectivity index (χ1v) is 5.62. The molecule has 7 nitrogen and oxygen atoms in total. The quantitative estimate of drug-likeness (QED) is 0.712. The highest BCUT2D eigenvalue weighted by Crippen LogP contribution is 2.24. The number of nitrogens with zero attached hydrogens (tertiary/aromatic N) is 3. The third-order valence-corrected chi connectivity index (χ3v) is 2.77. The van der Waals surface area contributed by atoms with Crippen LogP contribution in [0.5, 0.6) is 0 Å². The molecule has 0 aliphatic carbocycles. The molecule has 0 spiro atoms. The van der Waals surface area contributed by atoms with Gasteiger partial charge in [0.15, 0.2) is 11.5 Å². The molecule has 0 aliphatic rings. The van der Waals surface area contributed by atoms with Gasteiger partial charge in [0.2, 0.25) is 5.95 Å². The molecule has 1 heterocycles. The van der Waals surface area contributed by atoms with Gasteiger partial charge in [-0.05, 0) is 31.0 Å². The second-order valence-corrected chi connectivity index (χ2v) is 4.10. The van der Waals surface area contributed by atoms with Crippen molar-refractivity contribution in [3.8, 4) is 0 Å². The normalized spacial score (nSPS) is 11.1. The van der Waals surface area contributed by atoms with E-state index in [1.807, 2.05) is 26.0 Å². The van der Waals surface area contributed by atoms with Gasteiger partial charge < -0.3 is 11.5 Å². The minimum Gasteiger partial charge on any atom is -0.382 e. The van der Waals surface area contributed by atoms with Crippen LogP contribution in [0.15, 0.2) is 33.2 Å². The maximum absolute atomic E-state index is 11.6. The molecule has 7 heteroatoms. The molecule has 0 aliphatic heterocycles. The number of aryl methyl sites for hydroxylation is 1. The summed E-state index contributed by atoms with van der Waals surface area (Å²) < 4.78 is 0. The predicted octanol–water partition coefficient (Wildman–Crippen LogP) is 1.97.